The molecule has 2 amide bonds. The minimum Gasteiger partial charge on any atom is -0.444 e. The third-order valence-corrected chi connectivity index (χ3v) is 4.87. The largest absolute Gasteiger partial charge is 0.444 e. The Bertz CT molecular complexity index is 785. The normalized spacial score (nSPS) is 15.4. The average molecular weight is 452 g/mol. The van der Waals surface area contributed by atoms with E-state index in [0.717, 1.165) is 5.69 Å². The summed E-state index contributed by atoms with van der Waals surface area (Å²) in [5, 5.41) is 11.1. The van der Waals surface area contributed by atoms with Gasteiger partial charge < -0.3 is 19.7 Å². The molecular formula is C22H37N5O5. The fraction of sp³-hybridized carbons (Fsp3) is 0.773. The minimum atomic E-state index is -0.566. The van der Waals surface area contributed by atoms with Crippen LogP contribution in [0.15, 0.2) is 6.20 Å². The van der Waals surface area contributed by atoms with E-state index in [0.29, 0.717) is 45.2 Å². The first-order chi connectivity index (χ1) is 14.8. The lowest BCUT2D eigenvalue weighted by Crippen LogP contribution is -2.47. The summed E-state index contributed by atoms with van der Waals surface area (Å²) < 4.78 is 12.1. The van der Waals surface area contributed by atoms with Crippen molar-refractivity contribution >= 4 is 18.0 Å². The van der Waals surface area contributed by atoms with Crippen LogP contribution in [0.1, 0.15) is 72.9 Å². The molecule has 32 heavy (non-hydrogen) atoms. The molecule has 1 saturated heterocycles. The summed E-state index contributed by atoms with van der Waals surface area (Å²) in [4.78, 5) is 37.9. The molecule has 1 fully saturated rings. The number of rotatable bonds is 7. The Morgan fingerprint density at radius 2 is 1.78 bits per heavy atom. The first-order valence-electron chi connectivity index (χ1n) is 11.2. The van der Waals surface area contributed by atoms with Crippen LogP contribution < -0.4 is 5.32 Å². The predicted molar refractivity (Wildman–Crippen MR) is 117 cm³/mol. The van der Waals surface area contributed by atoms with Gasteiger partial charge in [0.15, 0.2) is 6.73 Å². The molecule has 10 nitrogen and oxygen atoms in total. The molecule has 180 valence electrons. The van der Waals surface area contributed by atoms with Crippen molar-refractivity contribution in [2.24, 2.45) is 5.41 Å². The lowest BCUT2D eigenvalue weighted by atomic mass is 9.98. The van der Waals surface area contributed by atoms with E-state index >= 15 is 0 Å². The van der Waals surface area contributed by atoms with Crippen molar-refractivity contribution in [1.29, 1.82) is 0 Å². The second kappa shape index (κ2) is 10.8. The SMILES string of the molecule is CC(C)(C)OC(=O)N1CCC(NC(=O)CCCc2cn(COC(=O)C(C)(C)C)nn2)CC1. The summed E-state index contributed by atoms with van der Waals surface area (Å²) in [5.74, 6) is -0.310. The van der Waals surface area contributed by atoms with Gasteiger partial charge in [-0.2, -0.15) is 0 Å². The molecule has 0 radical (unpaired) electrons. The molecule has 1 aliphatic heterocycles. The number of carbonyl (C=O) groups is 3. The highest BCUT2D eigenvalue weighted by Gasteiger charge is 2.27. The van der Waals surface area contributed by atoms with Gasteiger partial charge in [0, 0.05) is 25.6 Å². The fourth-order valence-corrected chi connectivity index (χ4v) is 3.12. The van der Waals surface area contributed by atoms with Crippen molar-refractivity contribution in [2.45, 2.75) is 92.0 Å². The zero-order chi connectivity index (χ0) is 23.9. The number of aryl methyl sites for hydroxylation is 1. The molecule has 1 aromatic heterocycles. The van der Waals surface area contributed by atoms with E-state index in [-0.39, 0.29) is 30.7 Å². The van der Waals surface area contributed by atoms with Crippen LogP contribution >= 0.6 is 0 Å². The molecule has 2 heterocycles. The van der Waals surface area contributed by atoms with Crippen LogP contribution in [0.3, 0.4) is 0 Å². The lowest BCUT2D eigenvalue weighted by molar-refractivity contribution is -0.157. The highest BCUT2D eigenvalue weighted by atomic mass is 16.6. The van der Waals surface area contributed by atoms with Gasteiger partial charge in [0.25, 0.3) is 0 Å². The third-order valence-electron chi connectivity index (χ3n) is 4.87. The first-order valence-corrected chi connectivity index (χ1v) is 11.2. The number of nitrogens with one attached hydrogen (secondary N) is 1. The van der Waals surface area contributed by atoms with Crippen LogP contribution in [-0.4, -0.2) is 62.6 Å². The maximum atomic E-state index is 12.3. The van der Waals surface area contributed by atoms with E-state index in [9.17, 15) is 14.4 Å². The van der Waals surface area contributed by atoms with Gasteiger partial charge in [-0.15, -0.1) is 5.10 Å². The van der Waals surface area contributed by atoms with Gasteiger partial charge in [0.1, 0.15) is 5.60 Å². The molecule has 2 rings (SSSR count). The van der Waals surface area contributed by atoms with Gasteiger partial charge in [0.05, 0.1) is 17.3 Å². The van der Waals surface area contributed by atoms with Crippen molar-refractivity contribution in [3.63, 3.8) is 0 Å². The number of nitrogens with zero attached hydrogens (tertiary/aromatic N) is 4. The zero-order valence-electron chi connectivity index (χ0n) is 20.1. The van der Waals surface area contributed by atoms with Gasteiger partial charge in [-0.25, -0.2) is 9.48 Å². The molecule has 0 unspecified atom stereocenters. The summed E-state index contributed by atoms with van der Waals surface area (Å²) in [5.41, 5.74) is -0.330. The monoisotopic (exact) mass is 451 g/mol. The Hall–Kier alpha value is -2.65. The molecule has 0 aromatic carbocycles. The van der Waals surface area contributed by atoms with Crippen molar-refractivity contribution in [2.75, 3.05) is 13.1 Å². The van der Waals surface area contributed by atoms with Gasteiger partial charge in [-0.1, -0.05) is 5.21 Å². The molecule has 1 N–H and O–H groups in total. The Labute approximate surface area is 190 Å². The van der Waals surface area contributed by atoms with Crippen LogP contribution in [0, 0.1) is 5.41 Å². The maximum Gasteiger partial charge on any atom is 0.410 e. The number of amides is 2. The van der Waals surface area contributed by atoms with Crippen molar-refractivity contribution in [1.82, 2.24) is 25.2 Å². The highest BCUT2D eigenvalue weighted by molar-refractivity contribution is 5.76. The minimum absolute atomic E-state index is 0.00721. The topological polar surface area (TPSA) is 116 Å². The van der Waals surface area contributed by atoms with E-state index < -0.39 is 11.0 Å². The number of esters is 1. The average Bonchev–Trinajstić information content (AvgIpc) is 3.12. The van der Waals surface area contributed by atoms with E-state index in [1.807, 2.05) is 20.8 Å². The van der Waals surface area contributed by atoms with Crippen LogP contribution in [0.2, 0.25) is 0 Å². The van der Waals surface area contributed by atoms with Gasteiger partial charge in [-0.05, 0) is 67.2 Å². The Kier molecular flexibility index (Phi) is 8.63. The molecule has 0 saturated carbocycles. The van der Waals surface area contributed by atoms with E-state index in [1.54, 1.807) is 31.9 Å². The first kappa shape index (κ1) is 25.6. The van der Waals surface area contributed by atoms with E-state index in [4.69, 9.17) is 9.47 Å². The number of piperidine rings is 1. The van der Waals surface area contributed by atoms with Crippen LogP contribution in [0.4, 0.5) is 4.79 Å². The summed E-state index contributed by atoms with van der Waals surface area (Å²) in [6, 6.07) is 0.0690. The van der Waals surface area contributed by atoms with Crippen LogP contribution in [0.25, 0.3) is 0 Å². The number of aromatic nitrogens is 3. The molecular weight excluding hydrogens is 414 g/mol. The second-order valence-corrected chi connectivity index (χ2v) is 10.2. The molecule has 0 atom stereocenters. The number of carbonyl (C=O) groups excluding carboxylic acids is 3. The Morgan fingerprint density at radius 3 is 2.38 bits per heavy atom. The van der Waals surface area contributed by atoms with Crippen molar-refractivity contribution in [3.05, 3.63) is 11.9 Å². The maximum absolute atomic E-state index is 12.3. The second-order valence-electron chi connectivity index (χ2n) is 10.2. The third kappa shape index (κ3) is 8.84. The van der Waals surface area contributed by atoms with Crippen LogP contribution in [-0.2, 0) is 32.2 Å². The Morgan fingerprint density at radius 1 is 1.12 bits per heavy atom. The number of hydrogen-bond acceptors (Lipinski definition) is 7. The molecule has 10 heteroatoms. The summed E-state index contributed by atoms with van der Waals surface area (Å²) in [6.45, 7) is 12.1. The number of hydrogen-bond donors (Lipinski definition) is 1. The van der Waals surface area contributed by atoms with Crippen LogP contribution in [0.5, 0.6) is 0 Å². The van der Waals surface area contributed by atoms with Crippen molar-refractivity contribution < 1.29 is 23.9 Å². The molecule has 1 aliphatic rings. The number of ether oxygens (including phenoxy) is 2. The number of likely N-dealkylation sites (tertiary alicyclic amines) is 1. The fourth-order valence-electron chi connectivity index (χ4n) is 3.12. The quantitative estimate of drug-likeness (QED) is 0.634. The molecule has 0 aliphatic carbocycles. The smallest absolute Gasteiger partial charge is 0.410 e. The van der Waals surface area contributed by atoms with E-state index in [2.05, 4.69) is 15.6 Å². The van der Waals surface area contributed by atoms with Crippen molar-refractivity contribution in [3.8, 4) is 0 Å². The van der Waals surface area contributed by atoms with Gasteiger partial charge in [-0.3, -0.25) is 9.59 Å². The molecule has 0 bridgehead atoms. The summed E-state index contributed by atoms with van der Waals surface area (Å²) in [6.07, 6.45) is 4.49. The highest BCUT2D eigenvalue weighted by Crippen LogP contribution is 2.16. The van der Waals surface area contributed by atoms with E-state index in [1.165, 1.54) is 4.68 Å². The predicted octanol–water partition coefficient (Wildman–Crippen LogP) is 2.66. The molecule has 0 spiro atoms. The standard InChI is InChI=1S/C22H37N5O5/c1-21(2,3)19(29)31-15-27-14-17(24-25-27)8-7-9-18(28)23-16-10-12-26(13-11-16)20(30)32-22(4,5)6/h14,16H,7-13,15H2,1-6H3,(H,23,28). The lowest BCUT2D eigenvalue weighted by Gasteiger charge is -2.33. The molecule has 1 aromatic rings. The zero-order valence-corrected chi connectivity index (χ0v) is 20.1. The summed E-state index contributed by atoms with van der Waals surface area (Å²) >= 11 is 0. The van der Waals surface area contributed by atoms with Gasteiger partial charge >= 0.3 is 12.1 Å². The summed E-state index contributed by atoms with van der Waals surface area (Å²) in [7, 11) is 0. The van der Waals surface area contributed by atoms with Gasteiger partial charge in [0.2, 0.25) is 5.91 Å². The Balaban J connectivity index is 1.64.